The van der Waals surface area contributed by atoms with Crippen molar-refractivity contribution in [2.24, 2.45) is 0 Å². The normalized spacial score (nSPS) is 12.3. The molecule has 0 saturated carbocycles. The molecule has 3 N–H and O–H groups in total. The Balaban J connectivity index is 0.000000284. The van der Waals surface area contributed by atoms with Crippen LogP contribution < -0.4 is 0 Å². The van der Waals surface area contributed by atoms with Crippen molar-refractivity contribution in [1.29, 1.82) is 0 Å². The molecule has 0 spiro atoms. The zero-order valence-corrected chi connectivity index (χ0v) is 63.3. The fourth-order valence-corrected chi connectivity index (χ4v) is 12.2. The van der Waals surface area contributed by atoms with Gasteiger partial charge in [0.25, 0.3) is 0 Å². The van der Waals surface area contributed by atoms with Gasteiger partial charge in [0.15, 0.2) is 20.9 Å². The maximum Gasteiger partial charge on any atom is 0.193 e. The first-order valence-corrected chi connectivity index (χ1v) is 36.6. The Hall–Kier alpha value is -5.47. The number of alkyl halides is 1. The molecule has 0 amide bonds. The highest BCUT2D eigenvalue weighted by atomic mass is 79.9. The van der Waals surface area contributed by atoms with Gasteiger partial charge >= 0.3 is 0 Å². The molecule has 0 unspecified atom stereocenters. The quantitative estimate of drug-likeness (QED) is 0.0547. The first-order chi connectivity index (χ1) is 43.6. The maximum atomic E-state index is 10.8. The van der Waals surface area contributed by atoms with E-state index in [-0.39, 0.29) is 37.4 Å². The third kappa shape index (κ3) is 32.1. The van der Waals surface area contributed by atoms with Gasteiger partial charge in [0, 0.05) is 67.7 Å². The second-order valence-electron chi connectivity index (χ2n) is 22.9. The Morgan fingerprint density at radius 3 is 1.17 bits per heavy atom. The minimum absolute atomic E-state index is 0.111. The SMILES string of the molecule is Cc1cc(Br)cc(C2OCCO2)c1.Cc1cc(Br)cc(C=O)c1.Cc1cc(Br)cc(CBr)c1.Cc1cc(Br)cc(CO)c1.Cc1cc(C#CCO)cc(C2OCCO2)c1.Cc1cc(C#CCO)cc(C=O)c1.Cc1cc(C#CCO[Si](C)(C)C(C)(C)C)cc(C=O)c1. The molecule has 0 radical (unpaired) electrons. The van der Waals surface area contributed by atoms with Crippen LogP contribution in [0.1, 0.15) is 142 Å². The molecule has 2 heterocycles. The van der Waals surface area contributed by atoms with Crippen LogP contribution in [-0.2, 0) is 35.3 Å². The summed E-state index contributed by atoms with van der Waals surface area (Å²) in [6, 6.07) is 41.0. The molecule has 0 atom stereocenters. The van der Waals surface area contributed by atoms with Gasteiger partial charge in [-0.3, -0.25) is 14.4 Å². The van der Waals surface area contributed by atoms with E-state index < -0.39 is 8.32 Å². The second kappa shape index (κ2) is 42.8. The third-order valence-electron chi connectivity index (χ3n) is 13.3. The zero-order valence-electron chi connectivity index (χ0n) is 54.4. The number of carbonyl (C=O) groups is 3. The molecule has 2 saturated heterocycles. The minimum Gasteiger partial charge on any atom is -0.406 e. The van der Waals surface area contributed by atoms with Crippen LogP contribution in [0.15, 0.2) is 145 Å². The molecule has 7 aromatic rings. The lowest BCUT2D eigenvalue weighted by Gasteiger charge is -2.35. The molecule has 0 aliphatic carbocycles. The molecular weight excluding hydrogens is 1500 g/mol. The van der Waals surface area contributed by atoms with Gasteiger partial charge in [0.2, 0.25) is 0 Å². The van der Waals surface area contributed by atoms with Crippen LogP contribution in [-0.4, -0.2) is 88.7 Å². The number of carbonyl (C=O) groups excluding carboxylic acids is 3. The van der Waals surface area contributed by atoms with Crippen molar-refractivity contribution < 1.29 is 53.1 Å². The highest BCUT2D eigenvalue weighted by Crippen LogP contribution is 2.36. The lowest BCUT2D eigenvalue weighted by Crippen LogP contribution is -2.40. The Labute approximate surface area is 588 Å². The lowest BCUT2D eigenvalue weighted by molar-refractivity contribution is -0.0443. The number of aldehydes is 3. The van der Waals surface area contributed by atoms with Gasteiger partial charge in [-0.15, -0.1) is 0 Å². The number of hydrogen-bond acceptors (Lipinski definition) is 11. The van der Waals surface area contributed by atoms with E-state index in [0.29, 0.717) is 49.7 Å². The Bertz CT molecular complexity index is 3570. The van der Waals surface area contributed by atoms with Gasteiger partial charge in [0.05, 0.1) is 39.6 Å². The van der Waals surface area contributed by atoms with Crippen molar-refractivity contribution in [2.75, 3.05) is 46.2 Å². The van der Waals surface area contributed by atoms with E-state index in [2.05, 4.69) is 193 Å². The van der Waals surface area contributed by atoms with Crippen molar-refractivity contribution in [3.05, 3.63) is 240 Å². The second-order valence-corrected chi connectivity index (χ2v) is 31.9. The summed E-state index contributed by atoms with van der Waals surface area (Å²) in [5.74, 6) is 16.9. The summed E-state index contributed by atoms with van der Waals surface area (Å²) < 4.78 is 31.9. The van der Waals surface area contributed by atoms with E-state index in [9.17, 15) is 14.4 Å². The van der Waals surface area contributed by atoms with Crippen molar-refractivity contribution >= 4 is 107 Å². The average Bonchev–Trinajstić information content (AvgIpc) is 2.00. The molecule has 17 heteroatoms. The van der Waals surface area contributed by atoms with E-state index in [4.69, 9.17) is 38.7 Å². The summed E-state index contributed by atoms with van der Waals surface area (Å²) in [7, 11) is -1.73. The van der Waals surface area contributed by atoms with E-state index in [0.717, 1.165) is 97.7 Å². The summed E-state index contributed by atoms with van der Waals surface area (Å²) in [4.78, 5) is 31.6. The van der Waals surface area contributed by atoms with Crippen molar-refractivity contribution in [1.82, 2.24) is 0 Å². The van der Waals surface area contributed by atoms with Crippen LogP contribution in [0.4, 0.5) is 0 Å². The predicted molar refractivity (Wildman–Crippen MR) is 391 cm³/mol. The van der Waals surface area contributed by atoms with Gasteiger partial charge < -0.3 is 38.7 Å². The van der Waals surface area contributed by atoms with E-state index in [1.165, 1.54) is 22.3 Å². The molecule has 2 aliphatic heterocycles. The number of benzene rings is 7. The highest BCUT2D eigenvalue weighted by molar-refractivity contribution is 9.11. The van der Waals surface area contributed by atoms with Crippen LogP contribution in [0.25, 0.3) is 0 Å². The Morgan fingerprint density at radius 2 is 0.793 bits per heavy atom. The molecule has 11 nitrogen and oxygen atoms in total. The number of aliphatic hydroxyl groups excluding tert-OH is 3. The molecule has 2 aliphatic rings. The number of aliphatic hydroxyl groups is 3. The fraction of sp³-hybridized carbons (Fsp3) is 0.320. The highest BCUT2D eigenvalue weighted by Gasteiger charge is 2.36. The summed E-state index contributed by atoms with van der Waals surface area (Å²) in [5.41, 5.74) is 16.7. The summed E-state index contributed by atoms with van der Waals surface area (Å²) in [6.07, 6.45) is 2.05. The van der Waals surface area contributed by atoms with Crippen LogP contribution in [0.3, 0.4) is 0 Å². The monoisotopic (exact) mass is 1580 g/mol. The van der Waals surface area contributed by atoms with Gasteiger partial charge in [-0.25, -0.2) is 0 Å². The smallest absolute Gasteiger partial charge is 0.193 e. The Morgan fingerprint density at radius 1 is 0.457 bits per heavy atom. The number of aryl methyl sites for hydroxylation is 7. The van der Waals surface area contributed by atoms with E-state index in [1.807, 2.05) is 107 Å². The maximum absolute atomic E-state index is 10.8. The van der Waals surface area contributed by atoms with Crippen LogP contribution in [0.5, 0.6) is 0 Å². The van der Waals surface area contributed by atoms with Crippen molar-refractivity contribution in [3.8, 4) is 35.5 Å². The largest absolute Gasteiger partial charge is 0.406 e. The lowest BCUT2D eigenvalue weighted by atomic mass is 10.1. The summed E-state index contributed by atoms with van der Waals surface area (Å²) in [5, 5.41) is 27.0. The number of hydrogen-bond donors (Lipinski definition) is 3. The summed E-state index contributed by atoms with van der Waals surface area (Å²) in [6.45, 7) is 28.0. The first kappa shape index (κ1) is 80.8. The van der Waals surface area contributed by atoms with Crippen LogP contribution >= 0.6 is 79.6 Å². The molecule has 488 valence electrons. The summed E-state index contributed by atoms with van der Waals surface area (Å²) >= 11 is 16.9. The molecule has 7 aromatic carbocycles. The van der Waals surface area contributed by atoms with Gasteiger partial charge in [0.1, 0.15) is 32.1 Å². The minimum atomic E-state index is -1.73. The zero-order chi connectivity index (χ0) is 68.4. The average molecular weight is 1590 g/mol. The van der Waals surface area contributed by atoms with Crippen LogP contribution in [0.2, 0.25) is 18.1 Å². The molecule has 0 bridgehead atoms. The van der Waals surface area contributed by atoms with Gasteiger partial charge in [-0.05, 0) is 220 Å². The molecule has 0 aromatic heterocycles. The molecule has 92 heavy (non-hydrogen) atoms. The number of rotatable bonds is 9. The topological polar surface area (TPSA) is 158 Å². The predicted octanol–water partition coefficient (Wildman–Crippen LogP) is 18.0. The molecule has 9 rings (SSSR count). The third-order valence-corrected chi connectivity index (χ3v) is 20.3. The first-order valence-electron chi connectivity index (χ1n) is 29.4. The van der Waals surface area contributed by atoms with E-state index in [1.54, 1.807) is 24.3 Å². The number of halogens is 5. The Kier molecular flexibility index (Phi) is 37.5. The molecular formula is C75H83Br5O11Si. The van der Waals surface area contributed by atoms with Gasteiger partial charge in [-0.2, -0.15) is 0 Å². The van der Waals surface area contributed by atoms with Gasteiger partial charge in [-0.1, -0.05) is 160 Å². The number of ether oxygens (including phenoxy) is 4. The van der Waals surface area contributed by atoms with Crippen molar-refractivity contribution in [2.45, 2.75) is 112 Å². The molecule has 2 fully saturated rings. The van der Waals surface area contributed by atoms with Crippen LogP contribution in [0, 0.1) is 84.0 Å². The fourth-order valence-electron chi connectivity index (χ4n) is 8.41. The van der Waals surface area contributed by atoms with E-state index >= 15 is 0 Å². The standard InChI is InChI=1S/C17H24O2Si.C13H14O3.C11H10O2.C10H11BrO2.C8H8Br2.C8H9BrO.C8H7BrO/c1-14-10-15(12-16(11-14)13-18)8-7-9-19-20(5,6)17(2,3)4;1-10-7-11(3-2-4-14)9-12(8-10)13-15-5-6-16-13;1-9-5-10(3-2-4-12)7-11(6-9)8-13;1-7-4-8(6-9(11)5-7)10-12-2-3-13-10;1-6-2-7(5-9)4-8(10)3-6;2*1-6-2-7(5-10)4-8(9)3-6/h10-13H,9H2,1-6H3;7-9,13-14H,4-6H2,1H3;5-8,12H,4H2,1H3;4-6,10H,2-3H2,1H3;2-4H,5H2,1H3;2-4,10H,5H2,1H3;2-5H,1H3. The van der Waals surface area contributed by atoms with Crippen molar-refractivity contribution in [3.63, 3.8) is 0 Å².